The van der Waals surface area contributed by atoms with Gasteiger partial charge in [-0.3, -0.25) is 0 Å². The minimum Gasteiger partial charge on any atom is -0.440 e. The van der Waals surface area contributed by atoms with Crippen molar-refractivity contribution in [1.82, 2.24) is 0 Å². The molecule has 0 fully saturated rings. The van der Waals surface area contributed by atoms with E-state index in [1.807, 2.05) is 0 Å². The first-order valence-corrected chi connectivity index (χ1v) is 10.3. The Kier molecular flexibility index (Phi) is 35.4. The summed E-state index contributed by atoms with van der Waals surface area (Å²) < 4.78 is 3.67. The van der Waals surface area contributed by atoms with Crippen LogP contribution in [0.15, 0.2) is 0 Å². The van der Waals surface area contributed by atoms with Crippen molar-refractivity contribution < 1.29 is 9.84 Å². The molecule has 0 bridgehead atoms. The molecule has 0 rings (SSSR count). The van der Waals surface area contributed by atoms with E-state index in [-0.39, 0.29) is 14.1 Å². The van der Waals surface area contributed by atoms with E-state index in [2.05, 4.69) is 33.7 Å². The summed E-state index contributed by atoms with van der Waals surface area (Å²) in [6, 6.07) is 0. The van der Waals surface area contributed by atoms with Crippen LogP contribution in [0.5, 0.6) is 0 Å². The highest BCUT2D eigenvalue weighted by atomic mass is 27.2. The molecule has 0 aliphatic heterocycles. The van der Waals surface area contributed by atoms with Crippen LogP contribution in [0.25, 0.3) is 0 Å². The topological polar surface area (TPSA) is 35.7 Å². The van der Waals surface area contributed by atoms with Crippen molar-refractivity contribution in [2.24, 2.45) is 0 Å². The fraction of sp³-hybridized carbons (Fsp3) is 1.00. The Morgan fingerprint density at radius 3 is 1.50 bits per heavy atom. The predicted molar refractivity (Wildman–Crippen MR) is 62.3 cm³/mol. The molecule has 0 unspecified atom stereocenters. The Labute approximate surface area is 88.4 Å². The van der Waals surface area contributed by atoms with E-state index >= 15 is 0 Å². The molecular weight excluding hydrogens is 182 g/mol. The zero-order valence-electron chi connectivity index (χ0n) is 9.52. The van der Waals surface area contributed by atoms with Gasteiger partial charge in [-0.25, -0.2) is 0 Å². The molecular formula is C8H25Al2O2+2. The molecule has 2 nitrogen and oxygen atoms in total. The molecule has 0 saturated carbocycles. The van der Waals surface area contributed by atoms with Crippen molar-refractivity contribution in [1.29, 1.82) is 0 Å². The van der Waals surface area contributed by atoms with Gasteiger partial charge < -0.3 is 9.84 Å². The molecule has 0 aromatic rings. The van der Waals surface area contributed by atoms with E-state index in [4.69, 9.17) is 5.11 Å². The summed E-state index contributed by atoms with van der Waals surface area (Å²) in [6.07, 6.45) is 0. The molecule has 0 saturated heterocycles. The number of hydrogen-bond acceptors (Lipinski definition) is 0. The van der Waals surface area contributed by atoms with E-state index in [0.717, 1.165) is 15.2 Å². The van der Waals surface area contributed by atoms with Crippen LogP contribution in [0.1, 0.15) is 0 Å². The lowest BCUT2D eigenvalue weighted by atomic mass is 10.8. The van der Waals surface area contributed by atoms with Crippen molar-refractivity contribution in [3.8, 4) is 0 Å². The Hall–Kier alpha value is 0.985. The summed E-state index contributed by atoms with van der Waals surface area (Å²) in [6.45, 7) is 1.11. The molecule has 12 heavy (non-hydrogen) atoms. The van der Waals surface area contributed by atoms with Gasteiger partial charge in [-0.15, -0.1) is 28.9 Å². The second-order valence-corrected chi connectivity index (χ2v) is 7.72. The lowest BCUT2D eigenvalue weighted by Gasteiger charge is -1.78. The van der Waals surface area contributed by atoms with Crippen LogP contribution in [0.4, 0.5) is 0 Å². The lowest BCUT2D eigenvalue weighted by molar-refractivity contribution is -0.00901. The maximum absolute atomic E-state index is 6.51. The third-order valence-corrected chi connectivity index (χ3v) is 0.335. The molecule has 0 spiro atoms. The van der Waals surface area contributed by atoms with Crippen LogP contribution in [-0.2, 0) is 0 Å². The SMILES string of the molecule is C[OH+]CC[OH2+].[CH3][Al]([CH3])[CH3].[CH3][Al][CH3]. The van der Waals surface area contributed by atoms with Crippen LogP contribution in [0.2, 0.25) is 28.9 Å². The van der Waals surface area contributed by atoms with E-state index in [1.54, 1.807) is 7.11 Å². The van der Waals surface area contributed by atoms with Gasteiger partial charge in [-0.2, -0.15) is 0 Å². The first kappa shape index (κ1) is 18.7. The van der Waals surface area contributed by atoms with Crippen molar-refractivity contribution in [3.63, 3.8) is 0 Å². The zero-order valence-corrected chi connectivity index (χ0v) is 11.8. The highest BCUT2D eigenvalue weighted by Gasteiger charge is 1.82. The maximum atomic E-state index is 6.51. The molecule has 1 radical (unpaired) electrons. The predicted octanol–water partition coefficient (Wildman–Crippen LogP) is 1.03. The molecule has 3 N–H and O–H groups in total. The highest BCUT2D eigenvalue weighted by Crippen LogP contribution is 1.68. The molecule has 73 valence electrons. The minimum atomic E-state index is -0.139. The fourth-order valence-corrected chi connectivity index (χ4v) is 0.112. The Morgan fingerprint density at radius 1 is 1.25 bits per heavy atom. The molecule has 0 atom stereocenters. The molecule has 0 aliphatic rings. The van der Waals surface area contributed by atoms with Gasteiger partial charge in [0.2, 0.25) is 13.2 Å². The fourth-order valence-electron chi connectivity index (χ4n) is 0.112. The Morgan fingerprint density at radius 2 is 1.50 bits per heavy atom. The Balaban J connectivity index is -0.000000105. The number of ether oxygens (including phenoxy) is 1. The van der Waals surface area contributed by atoms with Crippen molar-refractivity contribution in [3.05, 3.63) is 0 Å². The van der Waals surface area contributed by atoms with Crippen molar-refractivity contribution in [2.45, 2.75) is 28.9 Å². The average Bonchev–Trinajstić information content (AvgIpc) is 1.89. The third-order valence-electron chi connectivity index (χ3n) is 0.335. The van der Waals surface area contributed by atoms with E-state index < -0.39 is 0 Å². The van der Waals surface area contributed by atoms with Crippen LogP contribution >= 0.6 is 0 Å². The first-order valence-electron chi connectivity index (χ1n) is 4.50. The average molecular weight is 207 g/mol. The summed E-state index contributed by atoms with van der Waals surface area (Å²) in [5.41, 5.74) is 0. The van der Waals surface area contributed by atoms with Crippen LogP contribution < -0.4 is 0 Å². The zero-order chi connectivity index (χ0) is 10.4. The summed E-state index contributed by atoms with van der Waals surface area (Å²) >= 11 is 0.611. The van der Waals surface area contributed by atoms with Crippen LogP contribution in [0, 0.1) is 0 Å². The smallest absolute Gasteiger partial charge is 0.251 e. The monoisotopic (exact) mass is 207 g/mol. The summed E-state index contributed by atoms with van der Waals surface area (Å²) in [5, 5.41) is 6.51. The number of hydrogen-bond donors (Lipinski definition) is 0. The highest BCUT2D eigenvalue weighted by molar-refractivity contribution is 6.54. The van der Waals surface area contributed by atoms with Gasteiger partial charge in [0.25, 0.3) is 14.1 Å². The summed E-state index contributed by atoms with van der Waals surface area (Å²) in [5.74, 6) is 11.3. The van der Waals surface area contributed by atoms with Gasteiger partial charge in [0.1, 0.15) is 7.11 Å². The van der Waals surface area contributed by atoms with E-state index in [9.17, 15) is 0 Å². The Bertz CT molecular complexity index is 47.6. The molecule has 0 aliphatic carbocycles. The maximum Gasteiger partial charge on any atom is 0.251 e. The first-order chi connectivity index (χ1) is 5.56. The quantitative estimate of drug-likeness (QED) is 0.479. The van der Waals surface area contributed by atoms with Gasteiger partial charge in [-0.1, -0.05) is 0 Å². The normalized spacial score (nSPS) is 6.92. The molecule has 4 heteroatoms. The summed E-state index contributed by atoms with van der Waals surface area (Å²) in [7, 11) is 1.72. The molecule has 0 aromatic carbocycles. The molecule has 0 heterocycles. The standard InChI is InChI=1S/C3H8O2.5CH3.2Al/c1-5-3-2-4;;;;;;;/h4H,2-3H2,1H3;5*1H3;;/p+2. The number of aliphatic hydroxyl groups is 2. The van der Waals surface area contributed by atoms with Crippen LogP contribution in [0.3, 0.4) is 0 Å². The van der Waals surface area contributed by atoms with Gasteiger partial charge in [0.05, 0.1) is 0 Å². The lowest BCUT2D eigenvalue weighted by Crippen LogP contribution is -1.96. The van der Waals surface area contributed by atoms with Crippen molar-refractivity contribution in [2.75, 3.05) is 20.3 Å². The molecule has 0 aromatic heterocycles. The third kappa shape index (κ3) is 123. The van der Waals surface area contributed by atoms with Crippen LogP contribution in [-0.4, -0.2) is 59.5 Å². The van der Waals surface area contributed by atoms with Gasteiger partial charge in [0.15, 0.2) is 15.2 Å². The van der Waals surface area contributed by atoms with Gasteiger partial charge >= 0.3 is 0 Å². The number of rotatable bonds is 2. The summed E-state index contributed by atoms with van der Waals surface area (Å²) in [4.78, 5) is 0. The second kappa shape index (κ2) is 22.7. The second-order valence-electron chi connectivity index (χ2n) is 3.10. The van der Waals surface area contributed by atoms with Gasteiger partial charge in [-0.05, 0) is 0 Å². The largest absolute Gasteiger partial charge is 0.440 e. The van der Waals surface area contributed by atoms with Gasteiger partial charge in [0, 0.05) is 0 Å². The van der Waals surface area contributed by atoms with E-state index in [0.29, 0.717) is 13.2 Å². The van der Waals surface area contributed by atoms with E-state index in [1.165, 1.54) is 0 Å². The molecule has 0 amide bonds. The van der Waals surface area contributed by atoms with Crippen molar-refractivity contribution >= 4 is 29.4 Å². The minimum absolute atomic E-state index is 0.139.